The average molecular weight is 337 g/mol. The van der Waals surface area contributed by atoms with Gasteiger partial charge in [-0.3, -0.25) is 9.88 Å². The van der Waals surface area contributed by atoms with Gasteiger partial charge in [0.25, 0.3) is 0 Å². The van der Waals surface area contributed by atoms with Gasteiger partial charge in [0.1, 0.15) is 5.65 Å². The van der Waals surface area contributed by atoms with Crippen molar-refractivity contribution in [2.45, 2.75) is 32.6 Å². The number of nitrogens with two attached hydrogens (primary N) is 1. The molecule has 2 N–H and O–H groups in total. The summed E-state index contributed by atoms with van der Waals surface area (Å²) >= 11 is 0. The number of nitrogens with zero attached hydrogens (tertiary/aromatic N) is 4. The molecule has 0 spiro atoms. The van der Waals surface area contributed by atoms with Crippen molar-refractivity contribution in [3.8, 4) is 11.3 Å². The van der Waals surface area contributed by atoms with E-state index in [1.165, 1.54) is 0 Å². The molecular formula is C19H23N5O. The summed E-state index contributed by atoms with van der Waals surface area (Å²) < 4.78 is 7.97. The highest BCUT2D eigenvalue weighted by Gasteiger charge is 2.25. The average Bonchev–Trinajstić information content (AvgIpc) is 2.93. The summed E-state index contributed by atoms with van der Waals surface area (Å²) in [6.07, 6.45) is 6.03. The summed E-state index contributed by atoms with van der Waals surface area (Å²) in [5.41, 5.74) is 10.9. The summed E-state index contributed by atoms with van der Waals surface area (Å²) in [6.45, 7) is 6.88. The van der Waals surface area contributed by atoms with E-state index in [-0.39, 0.29) is 12.2 Å². The van der Waals surface area contributed by atoms with Crippen molar-refractivity contribution in [2.24, 2.45) is 0 Å². The second-order valence-corrected chi connectivity index (χ2v) is 6.79. The van der Waals surface area contributed by atoms with Gasteiger partial charge in [0, 0.05) is 49.5 Å². The number of pyridine rings is 2. The van der Waals surface area contributed by atoms with E-state index in [4.69, 9.17) is 15.5 Å². The molecule has 1 aliphatic heterocycles. The lowest BCUT2D eigenvalue weighted by molar-refractivity contribution is -0.0707. The number of fused-ring (bicyclic) bond motifs is 1. The van der Waals surface area contributed by atoms with Crippen LogP contribution in [0.15, 0.2) is 42.9 Å². The molecule has 0 saturated carbocycles. The van der Waals surface area contributed by atoms with Crippen molar-refractivity contribution in [3.63, 3.8) is 0 Å². The SMILES string of the molecule is CC1CN(Cc2c(-c3ccncc3)nc3ccc(N)cn23)CC(C)O1. The third-order valence-corrected chi connectivity index (χ3v) is 4.56. The van der Waals surface area contributed by atoms with E-state index < -0.39 is 0 Å². The molecule has 0 amide bonds. The van der Waals surface area contributed by atoms with Crippen LogP contribution < -0.4 is 5.73 Å². The van der Waals surface area contributed by atoms with Gasteiger partial charge in [-0.1, -0.05) is 0 Å². The Morgan fingerprint density at radius 1 is 1.12 bits per heavy atom. The first-order valence-electron chi connectivity index (χ1n) is 8.65. The fourth-order valence-electron chi connectivity index (χ4n) is 3.63. The van der Waals surface area contributed by atoms with Gasteiger partial charge in [0.05, 0.1) is 23.6 Å². The Labute approximate surface area is 147 Å². The third-order valence-electron chi connectivity index (χ3n) is 4.56. The van der Waals surface area contributed by atoms with E-state index in [0.717, 1.165) is 47.9 Å². The minimum Gasteiger partial charge on any atom is -0.398 e. The molecule has 4 heterocycles. The van der Waals surface area contributed by atoms with Crippen LogP contribution in [0.4, 0.5) is 5.69 Å². The number of nitrogen functional groups attached to an aromatic ring is 1. The smallest absolute Gasteiger partial charge is 0.137 e. The van der Waals surface area contributed by atoms with Crippen LogP contribution in [0.2, 0.25) is 0 Å². The molecule has 0 aliphatic carbocycles. The van der Waals surface area contributed by atoms with Crippen LogP contribution in [0.25, 0.3) is 16.9 Å². The van der Waals surface area contributed by atoms with Gasteiger partial charge in [-0.2, -0.15) is 0 Å². The van der Waals surface area contributed by atoms with E-state index in [2.05, 4.69) is 28.1 Å². The van der Waals surface area contributed by atoms with Crippen LogP contribution >= 0.6 is 0 Å². The van der Waals surface area contributed by atoms with Crippen molar-refractivity contribution in [3.05, 3.63) is 48.5 Å². The number of anilines is 1. The van der Waals surface area contributed by atoms with Gasteiger partial charge in [0.2, 0.25) is 0 Å². The lowest BCUT2D eigenvalue weighted by Crippen LogP contribution is -2.45. The number of ether oxygens (including phenoxy) is 1. The van der Waals surface area contributed by atoms with E-state index >= 15 is 0 Å². The maximum atomic E-state index is 6.03. The zero-order valence-corrected chi connectivity index (χ0v) is 14.6. The highest BCUT2D eigenvalue weighted by atomic mass is 16.5. The molecule has 3 aromatic heterocycles. The van der Waals surface area contributed by atoms with E-state index in [0.29, 0.717) is 0 Å². The molecule has 3 aromatic rings. The van der Waals surface area contributed by atoms with Gasteiger partial charge < -0.3 is 14.9 Å². The first kappa shape index (κ1) is 16.1. The van der Waals surface area contributed by atoms with Crippen LogP contribution in [-0.2, 0) is 11.3 Å². The summed E-state index contributed by atoms with van der Waals surface area (Å²) in [5.74, 6) is 0. The van der Waals surface area contributed by atoms with Crippen molar-refractivity contribution in [2.75, 3.05) is 18.8 Å². The van der Waals surface area contributed by atoms with Crippen molar-refractivity contribution >= 4 is 11.3 Å². The van der Waals surface area contributed by atoms with Gasteiger partial charge in [0.15, 0.2) is 0 Å². The molecule has 4 rings (SSSR count). The number of aromatic nitrogens is 3. The molecule has 6 heteroatoms. The molecule has 0 aromatic carbocycles. The van der Waals surface area contributed by atoms with E-state index in [1.54, 1.807) is 12.4 Å². The fraction of sp³-hybridized carbons (Fsp3) is 0.368. The van der Waals surface area contributed by atoms with Crippen LogP contribution in [0, 0.1) is 0 Å². The topological polar surface area (TPSA) is 68.7 Å². The number of rotatable bonds is 3. The Kier molecular flexibility index (Phi) is 4.15. The number of hydrogen-bond acceptors (Lipinski definition) is 5. The minimum atomic E-state index is 0.234. The van der Waals surface area contributed by atoms with Gasteiger partial charge >= 0.3 is 0 Å². The predicted molar refractivity (Wildman–Crippen MR) is 98.1 cm³/mol. The molecule has 2 atom stereocenters. The second kappa shape index (κ2) is 6.46. The number of imidazole rings is 1. The molecule has 1 saturated heterocycles. The zero-order chi connectivity index (χ0) is 17.4. The molecular weight excluding hydrogens is 314 g/mol. The maximum Gasteiger partial charge on any atom is 0.137 e. The fourth-order valence-corrected chi connectivity index (χ4v) is 3.63. The van der Waals surface area contributed by atoms with Crippen molar-refractivity contribution in [1.29, 1.82) is 0 Å². The maximum absolute atomic E-state index is 6.03. The lowest BCUT2D eigenvalue weighted by Gasteiger charge is -2.35. The van der Waals surface area contributed by atoms with E-state index in [9.17, 15) is 0 Å². The molecule has 1 fully saturated rings. The Bertz CT molecular complexity index is 866. The van der Waals surface area contributed by atoms with Crippen LogP contribution in [0.3, 0.4) is 0 Å². The summed E-state index contributed by atoms with van der Waals surface area (Å²) in [4.78, 5) is 11.4. The molecule has 6 nitrogen and oxygen atoms in total. The monoisotopic (exact) mass is 337 g/mol. The highest BCUT2D eigenvalue weighted by Crippen LogP contribution is 2.27. The van der Waals surface area contributed by atoms with Gasteiger partial charge in [-0.15, -0.1) is 0 Å². The van der Waals surface area contributed by atoms with Crippen molar-refractivity contribution in [1.82, 2.24) is 19.3 Å². The normalized spacial score (nSPS) is 21.7. The molecule has 130 valence electrons. The third kappa shape index (κ3) is 3.23. The Hall–Kier alpha value is -2.44. The molecule has 25 heavy (non-hydrogen) atoms. The molecule has 0 bridgehead atoms. The first-order chi connectivity index (χ1) is 12.1. The van der Waals surface area contributed by atoms with Gasteiger partial charge in [-0.05, 0) is 38.1 Å². The first-order valence-corrected chi connectivity index (χ1v) is 8.65. The second-order valence-electron chi connectivity index (χ2n) is 6.79. The quantitative estimate of drug-likeness (QED) is 0.795. The molecule has 2 unspecified atom stereocenters. The summed E-state index contributed by atoms with van der Waals surface area (Å²) in [7, 11) is 0. The highest BCUT2D eigenvalue weighted by molar-refractivity contribution is 5.67. The van der Waals surface area contributed by atoms with Gasteiger partial charge in [-0.25, -0.2) is 4.98 Å². The minimum absolute atomic E-state index is 0.234. The number of hydrogen-bond donors (Lipinski definition) is 1. The largest absolute Gasteiger partial charge is 0.398 e. The number of morpholine rings is 1. The van der Waals surface area contributed by atoms with Crippen LogP contribution in [0.1, 0.15) is 19.5 Å². The Morgan fingerprint density at radius 2 is 1.84 bits per heavy atom. The van der Waals surface area contributed by atoms with Crippen molar-refractivity contribution < 1.29 is 4.74 Å². The lowest BCUT2D eigenvalue weighted by atomic mass is 10.1. The van der Waals surface area contributed by atoms with E-state index in [1.807, 2.05) is 30.5 Å². The zero-order valence-electron chi connectivity index (χ0n) is 14.6. The Morgan fingerprint density at radius 3 is 2.56 bits per heavy atom. The summed E-state index contributed by atoms with van der Waals surface area (Å²) in [6, 6.07) is 7.85. The summed E-state index contributed by atoms with van der Waals surface area (Å²) in [5, 5.41) is 0. The standard InChI is InChI=1S/C19H23N5O/c1-13-9-23(10-14(2)25-13)12-17-19(15-5-7-21-8-6-15)22-18-4-3-16(20)11-24(17)18/h3-8,11,13-14H,9-10,12,20H2,1-2H3. The Balaban J connectivity index is 1.78. The van der Waals surface area contributed by atoms with Crippen LogP contribution in [-0.4, -0.2) is 44.6 Å². The predicted octanol–water partition coefficient (Wildman–Crippen LogP) is 2.59. The van der Waals surface area contributed by atoms with Crippen LogP contribution in [0.5, 0.6) is 0 Å². The molecule has 0 radical (unpaired) electrons. The molecule has 1 aliphatic rings.